The van der Waals surface area contributed by atoms with Gasteiger partial charge in [0.15, 0.2) is 5.82 Å². The summed E-state index contributed by atoms with van der Waals surface area (Å²) in [6.07, 6.45) is 5.65. The van der Waals surface area contributed by atoms with Gasteiger partial charge in [-0.3, -0.25) is 9.78 Å². The second-order valence-corrected chi connectivity index (χ2v) is 6.74. The minimum absolute atomic E-state index is 0.132. The number of likely N-dealkylation sites (tertiary alicyclic amines) is 1. The van der Waals surface area contributed by atoms with Gasteiger partial charge in [0.25, 0.3) is 0 Å². The molecule has 0 spiro atoms. The molecular formula is C15H20N6OS. The van der Waals surface area contributed by atoms with Crippen LogP contribution in [0.5, 0.6) is 0 Å². The Hall–Kier alpha value is -2.09. The van der Waals surface area contributed by atoms with Crippen molar-refractivity contribution in [3.63, 3.8) is 0 Å². The van der Waals surface area contributed by atoms with Gasteiger partial charge in [0.05, 0.1) is 5.75 Å². The smallest absolute Gasteiger partial charge is 0.233 e. The van der Waals surface area contributed by atoms with Crippen LogP contribution < -0.4 is 5.84 Å². The van der Waals surface area contributed by atoms with E-state index in [9.17, 15) is 4.79 Å². The molecule has 0 radical (unpaired) electrons. The predicted octanol–water partition coefficient (Wildman–Crippen LogP) is 1.40. The van der Waals surface area contributed by atoms with E-state index in [1.807, 2.05) is 17.0 Å². The molecule has 0 bridgehead atoms. The summed E-state index contributed by atoms with van der Waals surface area (Å²) >= 11 is 1.32. The second kappa shape index (κ2) is 6.99. The molecule has 1 aliphatic heterocycles. The monoisotopic (exact) mass is 332 g/mol. The molecule has 1 fully saturated rings. The van der Waals surface area contributed by atoms with E-state index >= 15 is 0 Å². The van der Waals surface area contributed by atoms with Gasteiger partial charge in [0, 0.05) is 31.0 Å². The molecule has 2 aromatic heterocycles. The second-order valence-electron chi connectivity index (χ2n) is 5.79. The molecule has 3 rings (SSSR count). The molecular weight excluding hydrogens is 312 g/mol. The minimum Gasteiger partial charge on any atom is -0.342 e. The van der Waals surface area contributed by atoms with E-state index in [2.05, 4.69) is 22.1 Å². The summed E-state index contributed by atoms with van der Waals surface area (Å²) in [5.74, 6) is 7.62. The fourth-order valence-electron chi connectivity index (χ4n) is 2.70. The van der Waals surface area contributed by atoms with Crippen LogP contribution in [0.25, 0.3) is 11.4 Å². The van der Waals surface area contributed by atoms with Crippen molar-refractivity contribution in [2.75, 3.05) is 24.7 Å². The Labute approximate surface area is 139 Å². The molecule has 23 heavy (non-hydrogen) atoms. The summed E-state index contributed by atoms with van der Waals surface area (Å²) in [4.78, 5) is 18.3. The Morgan fingerprint density at radius 3 is 3.09 bits per heavy atom. The molecule has 1 atom stereocenters. The van der Waals surface area contributed by atoms with E-state index in [0.29, 0.717) is 22.7 Å². The average molecular weight is 332 g/mol. The summed E-state index contributed by atoms with van der Waals surface area (Å²) < 4.78 is 1.41. The molecule has 2 aromatic rings. The van der Waals surface area contributed by atoms with E-state index in [1.54, 1.807) is 12.4 Å². The number of aromatic nitrogens is 4. The standard InChI is InChI=1S/C15H20N6OS/c1-11-4-3-7-20(9-11)13(22)10-23-15-19-18-14(21(15)16)12-5-2-6-17-8-12/h2,5-6,8,11H,3-4,7,9-10,16H2,1H3/t11-/m0/s1. The van der Waals surface area contributed by atoms with Gasteiger partial charge in [0.2, 0.25) is 11.1 Å². The SMILES string of the molecule is C[C@H]1CCCN(C(=O)CSc2nnc(-c3cccnc3)n2N)C1. The summed E-state index contributed by atoms with van der Waals surface area (Å²) in [7, 11) is 0. The lowest BCUT2D eigenvalue weighted by molar-refractivity contribution is -0.130. The van der Waals surface area contributed by atoms with Crippen LogP contribution in [0.15, 0.2) is 29.7 Å². The molecule has 0 aliphatic carbocycles. The summed E-state index contributed by atoms with van der Waals surface area (Å²) in [6, 6.07) is 3.69. The molecule has 3 heterocycles. The lowest BCUT2D eigenvalue weighted by Gasteiger charge is -2.30. The average Bonchev–Trinajstić information content (AvgIpc) is 2.94. The van der Waals surface area contributed by atoms with Crippen molar-refractivity contribution >= 4 is 17.7 Å². The van der Waals surface area contributed by atoms with E-state index in [4.69, 9.17) is 5.84 Å². The first-order valence-corrected chi connectivity index (χ1v) is 8.65. The minimum atomic E-state index is 0.132. The molecule has 1 saturated heterocycles. The summed E-state index contributed by atoms with van der Waals surface area (Å²) in [5.41, 5.74) is 0.797. The van der Waals surface area contributed by atoms with Crippen molar-refractivity contribution in [3.05, 3.63) is 24.5 Å². The van der Waals surface area contributed by atoms with Gasteiger partial charge in [-0.05, 0) is 30.9 Å². The summed E-state index contributed by atoms with van der Waals surface area (Å²) in [6.45, 7) is 3.87. The number of nitrogen functional groups attached to an aromatic ring is 1. The van der Waals surface area contributed by atoms with Crippen molar-refractivity contribution in [2.24, 2.45) is 5.92 Å². The molecule has 122 valence electrons. The summed E-state index contributed by atoms with van der Waals surface area (Å²) in [5, 5.41) is 8.70. The van der Waals surface area contributed by atoms with Crippen molar-refractivity contribution < 1.29 is 4.79 Å². The first kappa shape index (κ1) is 15.8. The Kier molecular flexibility index (Phi) is 4.80. The largest absolute Gasteiger partial charge is 0.342 e. The maximum absolute atomic E-state index is 12.3. The third-order valence-corrected chi connectivity index (χ3v) is 4.85. The van der Waals surface area contributed by atoms with Crippen molar-refractivity contribution in [1.29, 1.82) is 0 Å². The Balaban J connectivity index is 1.63. The molecule has 7 nitrogen and oxygen atoms in total. The molecule has 1 aliphatic rings. The van der Waals surface area contributed by atoms with Gasteiger partial charge in [-0.25, -0.2) is 4.68 Å². The van der Waals surface area contributed by atoms with E-state index in [0.717, 1.165) is 25.1 Å². The number of pyridine rings is 1. The van der Waals surface area contributed by atoms with E-state index in [1.165, 1.54) is 22.9 Å². The van der Waals surface area contributed by atoms with Crippen molar-refractivity contribution in [3.8, 4) is 11.4 Å². The third kappa shape index (κ3) is 3.64. The number of hydrogen-bond acceptors (Lipinski definition) is 6. The lowest BCUT2D eigenvalue weighted by Crippen LogP contribution is -2.40. The quantitative estimate of drug-likeness (QED) is 0.672. The maximum Gasteiger partial charge on any atom is 0.233 e. The number of carbonyl (C=O) groups excluding carboxylic acids is 1. The Morgan fingerprint density at radius 2 is 2.35 bits per heavy atom. The number of thioether (sulfide) groups is 1. The maximum atomic E-state index is 12.3. The van der Waals surface area contributed by atoms with Crippen LogP contribution in [0.4, 0.5) is 0 Å². The predicted molar refractivity (Wildman–Crippen MR) is 89.1 cm³/mol. The number of rotatable bonds is 4. The number of piperidine rings is 1. The van der Waals surface area contributed by atoms with Crippen LogP contribution in [0, 0.1) is 5.92 Å². The number of nitrogens with two attached hydrogens (primary N) is 1. The van der Waals surface area contributed by atoms with Gasteiger partial charge in [-0.2, -0.15) is 0 Å². The topological polar surface area (TPSA) is 89.9 Å². The molecule has 0 saturated carbocycles. The zero-order chi connectivity index (χ0) is 16.2. The van der Waals surface area contributed by atoms with Crippen LogP contribution in [0.2, 0.25) is 0 Å². The molecule has 8 heteroatoms. The number of nitrogens with zero attached hydrogens (tertiary/aromatic N) is 5. The van der Waals surface area contributed by atoms with Crippen LogP contribution in [0.1, 0.15) is 19.8 Å². The molecule has 0 aromatic carbocycles. The zero-order valence-corrected chi connectivity index (χ0v) is 13.9. The van der Waals surface area contributed by atoms with Gasteiger partial charge in [0.1, 0.15) is 0 Å². The fourth-order valence-corrected chi connectivity index (χ4v) is 3.46. The first-order chi connectivity index (χ1) is 11.1. The van der Waals surface area contributed by atoms with Crippen LogP contribution in [-0.2, 0) is 4.79 Å². The van der Waals surface area contributed by atoms with Gasteiger partial charge in [-0.1, -0.05) is 18.7 Å². The van der Waals surface area contributed by atoms with Gasteiger partial charge >= 0.3 is 0 Å². The first-order valence-electron chi connectivity index (χ1n) is 7.66. The lowest BCUT2D eigenvalue weighted by atomic mass is 10.0. The van der Waals surface area contributed by atoms with Crippen LogP contribution >= 0.6 is 11.8 Å². The highest BCUT2D eigenvalue weighted by Gasteiger charge is 2.22. The number of amides is 1. The van der Waals surface area contributed by atoms with Crippen molar-refractivity contribution in [2.45, 2.75) is 24.9 Å². The number of carbonyl (C=O) groups is 1. The van der Waals surface area contributed by atoms with Gasteiger partial charge in [-0.15, -0.1) is 10.2 Å². The highest BCUT2D eigenvalue weighted by atomic mass is 32.2. The molecule has 0 unspecified atom stereocenters. The molecule has 1 amide bonds. The highest BCUT2D eigenvalue weighted by Crippen LogP contribution is 2.22. The third-order valence-electron chi connectivity index (χ3n) is 3.92. The van der Waals surface area contributed by atoms with Gasteiger partial charge < -0.3 is 10.7 Å². The Bertz CT molecular complexity index is 674. The van der Waals surface area contributed by atoms with Crippen LogP contribution in [0.3, 0.4) is 0 Å². The van der Waals surface area contributed by atoms with E-state index < -0.39 is 0 Å². The van der Waals surface area contributed by atoms with Crippen LogP contribution in [-0.4, -0.2) is 49.5 Å². The Morgan fingerprint density at radius 1 is 1.48 bits per heavy atom. The highest BCUT2D eigenvalue weighted by molar-refractivity contribution is 7.99. The van der Waals surface area contributed by atoms with Crippen molar-refractivity contribution in [1.82, 2.24) is 24.8 Å². The fraction of sp³-hybridized carbons (Fsp3) is 0.467. The zero-order valence-electron chi connectivity index (χ0n) is 13.1. The number of hydrogen-bond donors (Lipinski definition) is 1. The molecule has 2 N–H and O–H groups in total. The van der Waals surface area contributed by atoms with E-state index in [-0.39, 0.29) is 5.91 Å². The normalized spacial score (nSPS) is 18.1.